The zero-order chi connectivity index (χ0) is 20.5. The molecule has 2 rings (SSSR count). The highest BCUT2D eigenvalue weighted by Crippen LogP contribution is 2.38. The lowest BCUT2D eigenvalue weighted by atomic mass is 10.0. The molecule has 1 aliphatic rings. The maximum atomic E-state index is 5.42. The van der Waals surface area contributed by atoms with E-state index in [1.165, 1.54) is 25.8 Å². The number of likely N-dealkylation sites (tertiary alicyclic amines) is 1. The largest absolute Gasteiger partial charge is 0.493 e. The molecule has 1 aromatic carbocycles. The molecule has 1 heterocycles. The standard InChI is InChI=1S/C21H36N4O3/c1-15-9-7-8-10-25(15)16(2)13-23-21(22-3)24-14-17-11-18(26-4)20(28-6)19(12-17)27-5/h11-12,15-16H,7-10,13-14H2,1-6H3,(H2,22,23,24). The summed E-state index contributed by atoms with van der Waals surface area (Å²) in [6.45, 7) is 7.25. The summed E-state index contributed by atoms with van der Waals surface area (Å²) in [5, 5.41) is 6.81. The molecule has 2 N–H and O–H groups in total. The number of aliphatic imine (C=N–C) groups is 1. The molecule has 1 aromatic rings. The molecule has 0 radical (unpaired) electrons. The Hall–Kier alpha value is -2.15. The van der Waals surface area contributed by atoms with Crippen LogP contribution in [0.2, 0.25) is 0 Å². The van der Waals surface area contributed by atoms with Crippen LogP contribution in [0, 0.1) is 0 Å². The van der Waals surface area contributed by atoms with Gasteiger partial charge in [-0.3, -0.25) is 9.89 Å². The van der Waals surface area contributed by atoms with Gasteiger partial charge < -0.3 is 24.8 Å². The molecule has 0 spiro atoms. The summed E-state index contributed by atoms with van der Waals surface area (Å²) in [4.78, 5) is 6.93. The van der Waals surface area contributed by atoms with Gasteiger partial charge in [-0.1, -0.05) is 6.42 Å². The van der Waals surface area contributed by atoms with E-state index in [1.807, 2.05) is 12.1 Å². The van der Waals surface area contributed by atoms with Crippen molar-refractivity contribution in [1.82, 2.24) is 15.5 Å². The third kappa shape index (κ3) is 5.67. The van der Waals surface area contributed by atoms with Crippen LogP contribution in [0.3, 0.4) is 0 Å². The first-order valence-corrected chi connectivity index (χ1v) is 10.0. The lowest BCUT2D eigenvalue weighted by Gasteiger charge is -2.38. The predicted octanol–water partition coefficient (Wildman–Crippen LogP) is 2.64. The van der Waals surface area contributed by atoms with Crippen LogP contribution in [0.1, 0.15) is 38.7 Å². The number of hydrogen-bond donors (Lipinski definition) is 2. The Morgan fingerprint density at radius 2 is 1.82 bits per heavy atom. The van der Waals surface area contributed by atoms with E-state index >= 15 is 0 Å². The van der Waals surface area contributed by atoms with Crippen LogP contribution in [0.25, 0.3) is 0 Å². The van der Waals surface area contributed by atoms with E-state index in [4.69, 9.17) is 14.2 Å². The van der Waals surface area contributed by atoms with Crippen LogP contribution in [0.4, 0.5) is 0 Å². The molecule has 2 unspecified atom stereocenters. The number of methoxy groups -OCH3 is 3. The fraction of sp³-hybridized carbons (Fsp3) is 0.667. The van der Waals surface area contributed by atoms with E-state index in [1.54, 1.807) is 28.4 Å². The van der Waals surface area contributed by atoms with Gasteiger partial charge in [0.1, 0.15) is 0 Å². The van der Waals surface area contributed by atoms with Gasteiger partial charge in [0, 0.05) is 32.2 Å². The number of rotatable bonds is 8. The number of hydrogen-bond acceptors (Lipinski definition) is 5. The van der Waals surface area contributed by atoms with Gasteiger partial charge in [0.05, 0.1) is 21.3 Å². The average Bonchev–Trinajstić information content (AvgIpc) is 2.73. The van der Waals surface area contributed by atoms with Crippen molar-refractivity contribution in [2.24, 2.45) is 4.99 Å². The van der Waals surface area contributed by atoms with Crippen LogP contribution in [0.5, 0.6) is 17.2 Å². The smallest absolute Gasteiger partial charge is 0.203 e. The number of piperidine rings is 1. The second kappa shape index (κ2) is 11.0. The summed E-state index contributed by atoms with van der Waals surface area (Å²) in [5.74, 6) is 2.68. The maximum Gasteiger partial charge on any atom is 0.203 e. The SMILES string of the molecule is CN=C(NCc1cc(OC)c(OC)c(OC)c1)NCC(C)N1CCCCC1C. The molecule has 0 aliphatic carbocycles. The quantitative estimate of drug-likeness (QED) is 0.524. The van der Waals surface area contributed by atoms with Crippen molar-refractivity contribution < 1.29 is 14.2 Å². The lowest BCUT2D eigenvalue weighted by Crippen LogP contribution is -2.50. The van der Waals surface area contributed by atoms with Crippen LogP contribution >= 0.6 is 0 Å². The van der Waals surface area contributed by atoms with Crippen molar-refractivity contribution in [2.45, 2.75) is 51.7 Å². The van der Waals surface area contributed by atoms with E-state index in [0.29, 0.717) is 35.9 Å². The first kappa shape index (κ1) is 22.1. The molecule has 158 valence electrons. The number of nitrogens with zero attached hydrogens (tertiary/aromatic N) is 2. The van der Waals surface area contributed by atoms with Gasteiger partial charge in [0.25, 0.3) is 0 Å². The normalized spacial score (nSPS) is 19.1. The Balaban J connectivity index is 1.93. The molecule has 0 aromatic heterocycles. The van der Waals surface area contributed by atoms with Crippen molar-refractivity contribution in [3.63, 3.8) is 0 Å². The lowest BCUT2D eigenvalue weighted by molar-refractivity contribution is 0.115. The van der Waals surface area contributed by atoms with Gasteiger partial charge in [-0.25, -0.2) is 0 Å². The predicted molar refractivity (Wildman–Crippen MR) is 114 cm³/mol. The Kier molecular flexibility index (Phi) is 8.70. The van der Waals surface area contributed by atoms with Gasteiger partial charge in [-0.15, -0.1) is 0 Å². The highest BCUT2D eigenvalue weighted by atomic mass is 16.5. The Morgan fingerprint density at radius 1 is 1.14 bits per heavy atom. The van der Waals surface area contributed by atoms with Crippen molar-refractivity contribution >= 4 is 5.96 Å². The third-order valence-corrected chi connectivity index (χ3v) is 5.39. The maximum absolute atomic E-state index is 5.42. The second-order valence-electron chi connectivity index (χ2n) is 7.27. The van der Waals surface area contributed by atoms with Crippen molar-refractivity contribution in [1.29, 1.82) is 0 Å². The van der Waals surface area contributed by atoms with E-state index in [-0.39, 0.29) is 0 Å². The van der Waals surface area contributed by atoms with E-state index in [0.717, 1.165) is 18.1 Å². The Bertz CT molecular complexity index is 626. The monoisotopic (exact) mass is 392 g/mol. The van der Waals surface area contributed by atoms with E-state index in [2.05, 4.69) is 34.4 Å². The van der Waals surface area contributed by atoms with Crippen molar-refractivity contribution in [3.8, 4) is 17.2 Å². The molecule has 0 saturated carbocycles. The van der Waals surface area contributed by atoms with Crippen molar-refractivity contribution in [2.75, 3.05) is 41.5 Å². The minimum atomic E-state index is 0.468. The molecular weight excluding hydrogens is 356 g/mol. The minimum absolute atomic E-state index is 0.468. The summed E-state index contributed by atoms with van der Waals surface area (Å²) in [5.41, 5.74) is 1.02. The molecule has 1 saturated heterocycles. The fourth-order valence-corrected chi connectivity index (χ4v) is 3.78. The third-order valence-electron chi connectivity index (χ3n) is 5.39. The molecule has 7 heteroatoms. The first-order valence-electron chi connectivity index (χ1n) is 10.0. The fourth-order valence-electron chi connectivity index (χ4n) is 3.78. The van der Waals surface area contributed by atoms with Crippen LogP contribution in [-0.2, 0) is 6.54 Å². The molecule has 0 amide bonds. The number of nitrogens with one attached hydrogen (secondary N) is 2. The molecule has 1 fully saturated rings. The molecule has 28 heavy (non-hydrogen) atoms. The van der Waals surface area contributed by atoms with Gasteiger partial charge in [0.2, 0.25) is 5.75 Å². The summed E-state index contributed by atoms with van der Waals surface area (Å²) >= 11 is 0. The summed E-state index contributed by atoms with van der Waals surface area (Å²) in [6.07, 6.45) is 3.93. The van der Waals surface area contributed by atoms with Gasteiger partial charge in [0.15, 0.2) is 17.5 Å². The Morgan fingerprint density at radius 3 is 2.36 bits per heavy atom. The molecular formula is C21H36N4O3. The van der Waals surface area contributed by atoms with Crippen LogP contribution in [0.15, 0.2) is 17.1 Å². The van der Waals surface area contributed by atoms with E-state index in [9.17, 15) is 0 Å². The first-order chi connectivity index (χ1) is 13.5. The zero-order valence-corrected chi connectivity index (χ0v) is 18.2. The highest BCUT2D eigenvalue weighted by Gasteiger charge is 2.23. The molecule has 1 aliphatic heterocycles. The Labute approximate surface area is 169 Å². The summed E-state index contributed by atoms with van der Waals surface area (Å²) in [7, 11) is 6.64. The number of ether oxygens (including phenoxy) is 3. The molecule has 2 atom stereocenters. The highest BCUT2D eigenvalue weighted by molar-refractivity contribution is 5.79. The molecule has 7 nitrogen and oxygen atoms in total. The van der Waals surface area contributed by atoms with Crippen LogP contribution in [-0.4, -0.2) is 64.4 Å². The van der Waals surface area contributed by atoms with Crippen molar-refractivity contribution in [3.05, 3.63) is 17.7 Å². The number of benzene rings is 1. The second-order valence-corrected chi connectivity index (χ2v) is 7.27. The van der Waals surface area contributed by atoms with Crippen LogP contribution < -0.4 is 24.8 Å². The molecule has 0 bridgehead atoms. The van der Waals surface area contributed by atoms with Gasteiger partial charge in [-0.2, -0.15) is 0 Å². The van der Waals surface area contributed by atoms with Gasteiger partial charge in [-0.05, 0) is 50.9 Å². The summed E-state index contributed by atoms with van der Waals surface area (Å²) in [6, 6.07) is 5.01. The number of guanidine groups is 1. The van der Waals surface area contributed by atoms with Gasteiger partial charge >= 0.3 is 0 Å². The summed E-state index contributed by atoms with van der Waals surface area (Å²) < 4.78 is 16.2. The topological polar surface area (TPSA) is 67.4 Å². The zero-order valence-electron chi connectivity index (χ0n) is 18.2. The minimum Gasteiger partial charge on any atom is -0.493 e. The average molecular weight is 393 g/mol. The van der Waals surface area contributed by atoms with E-state index < -0.39 is 0 Å².